The summed E-state index contributed by atoms with van der Waals surface area (Å²) in [5, 5.41) is 22.2. The third kappa shape index (κ3) is 4.58. The minimum atomic E-state index is -0.993. The Labute approximate surface area is 206 Å². The highest BCUT2D eigenvalue weighted by atomic mass is 16.6. The molecule has 0 spiro atoms. The van der Waals surface area contributed by atoms with Crippen molar-refractivity contribution in [2.75, 3.05) is 4.90 Å². The Bertz CT molecular complexity index is 1400. The van der Waals surface area contributed by atoms with Gasteiger partial charge in [0, 0.05) is 30.3 Å². The molecule has 1 amide bonds. The average Bonchev–Trinajstić information content (AvgIpc) is 3.08. The topological polar surface area (TPSA) is 127 Å². The van der Waals surface area contributed by atoms with Crippen molar-refractivity contribution in [3.63, 3.8) is 0 Å². The Balaban J connectivity index is 1.90. The molecule has 0 aromatic heterocycles. The first kappa shape index (κ1) is 24.3. The van der Waals surface area contributed by atoms with Crippen molar-refractivity contribution in [3.05, 3.63) is 105 Å². The van der Waals surface area contributed by atoms with Gasteiger partial charge in [-0.1, -0.05) is 18.2 Å². The van der Waals surface area contributed by atoms with Gasteiger partial charge < -0.3 is 9.84 Å². The van der Waals surface area contributed by atoms with E-state index in [9.17, 15) is 29.6 Å². The SMILES string of the molecule is CC(=O)Oc1ccc(C2/C(=C(/O)c3ccc([N+](=O)[O-])cc3)C(=O)C(=O)N2c2cc(C)cc(C)c2)cc1. The van der Waals surface area contributed by atoms with E-state index in [-0.39, 0.29) is 22.6 Å². The number of non-ortho nitro benzene ring substituents is 1. The molecule has 0 radical (unpaired) electrons. The van der Waals surface area contributed by atoms with Gasteiger partial charge in [-0.05, 0) is 66.9 Å². The number of aliphatic hydroxyl groups excluding tert-OH is 1. The predicted molar refractivity (Wildman–Crippen MR) is 132 cm³/mol. The number of nitro benzene ring substituents is 1. The molecule has 0 bridgehead atoms. The van der Waals surface area contributed by atoms with Gasteiger partial charge in [-0.2, -0.15) is 0 Å². The molecule has 9 heteroatoms. The largest absolute Gasteiger partial charge is 0.507 e. The summed E-state index contributed by atoms with van der Waals surface area (Å²) in [6.07, 6.45) is 0. The van der Waals surface area contributed by atoms with Crippen molar-refractivity contribution in [1.82, 2.24) is 0 Å². The number of hydrogen-bond acceptors (Lipinski definition) is 7. The van der Waals surface area contributed by atoms with E-state index in [2.05, 4.69) is 0 Å². The normalized spacial score (nSPS) is 16.8. The molecule has 3 aromatic rings. The van der Waals surface area contributed by atoms with Gasteiger partial charge in [0.25, 0.3) is 17.4 Å². The number of Topliss-reactive ketones (excluding diaryl/α,β-unsaturated/α-hetero) is 1. The van der Waals surface area contributed by atoms with Crippen LogP contribution in [0.25, 0.3) is 5.76 Å². The lowest BCUT2D eigenvalue weighted by molar-refractivity contribution is -0.384. The minimum absolute atomic E-state index is 0.153. The van der Waals surface area contributed by atoms with Crippen LogP contribution >= 0.6 is 0 Å². The Morgan fingerprint density at radius 3 is 2.08 bits per heavy atom. The maximum absolute atomic E-state index is 13.3. The molecule has 1 unspecified atom stereocenters. The van der Waals surface area contributed by atoms with Gasteiger partial charge in [0.2, 0.25) is 0 Å². The Kier molecular flexibility index (Phi) is 6.39. The number of esters is 1. The van der Waals surface area contributed by atoms with Gasteiger partial charge in [-0.15, -0.1) is 0 Å². The molecule has 0 saturated carbocycles. The summed E-state index contributed by atoms with van der Waals surface area (Å²) in [4.78, 5) is 49.6. The lowest BCUT2D eigenvalue weighted by Crippen LogP contribution is -2.29. The number of nitrogens with zero attached hydrogens (tertiary/aromatic N) is 2. The molecular weight excluding hydrogens is 464 g/mol. The average molecular weight is 486 g/mol. The number of amides is 1. The summed E-state index contributed by atoms with van der Waals surface area (Å²) in [6, 6.07) is 15.8. The first-order valence-corrected chi connectivity index (χ1v) is 11.0. The van der Waals surface area contributed by atoms with Gasteiger partial charge in [-0.25, -0.2) is 0 Å². The van der Waals surface area contributed by atoms with Crippen LogP contribution in [0.5, 0.6) is 5.75 Å². The molecule has 1 heterocycles. The molecule has 1 aliphatic rings. The summed E-state index contributed by atoms with van der Waals surface area (Å²) in [5.41, 5.74) is 2.55. The Morgan fingerprint density at radius 1 is 0.972 bits per heavy atom. The fourth-order valence-corrected chi connectivity index (χ4v) is 4.28. The van der Waals surface area contributed by atoms with E-state index in [1.165, 1.54) is 48.2 Å². The molecule has 1 atom stereocenters. The maximum Gasteiger partial charge on any atom is 0.308 e. The number of benzene rings is 3. The monoisotopic (exact) mass is 486 g/mol. The van der Waals surface area contributed by atoms with Crippen LogP contribution in [0.15, 0.2) is 72.3 Å². The summed E-state index contributed by atoms with van der Waals surface area (Å²) in [5.74, 6) is -2.38. The summed E-state index contributed by atoms with van der Waals surface area (Å²) >= 11 is 0. The molecule has 4 rings (SSSR count). The third-order valence-corrected chi connectivity index (χ3v) is 5.74. The van der Waals surface area contributed by atoms with Crippen molar-refractivity contribution in [2.24, 2.45) is 0 Å². The van der Waals surface area contributed by atoms with Gasteiger partial charge in [-0.3, -0.25) is 29.4 Å². The number of hydrogen-bond donors (Lipinski definition) is 1. The first-order chi connectivity index (χ1) is 17.1. The quantitative estimate of drug-likeness (QED) is 0.105. The molecule has 1 fully saturated rings. The standard InChI is InChI=1S/C27H22N2O7/c1-15-12-16(2)14-21(13-15)28-24(18-6-10-22(11-7-18)36-17(3)30)23(26(32)27(28)33)25(31)19-4-8-20(9-5-19)29(34)35/h4-14,24,31H,1-3H3/b25-23-. The smallest absolute Gasteiger partial charge is 0.308 e. The first-order valence-electron chi connectivity index (χ1n) is 11.0. The van der Waals surface area contributed by atoms with Crippen molar-refractivity contribution in [1.29, 1.82) is 0 Å². The van der Waals surface area contributed by atoms with Crippen molar-refractivity contribution < 1.29 is 29.2 Å². The molecule has 1 saturated heterocycles. The second kappa shape index (κ2) is 9.46. The summed E-state index contributed by atoms with van der Waals surface area (Å²) < 4.78 is 5.09. The van der Waals surface area contributed by atoms with Crippen LogP contribution in [0.3, 0.4) is 0 Å². The number of aryl methyl sites for hydroxylation is 2. The number of carbonyl (C=O) groups excluding carboxylic acids is 3. The fourth-order valence-electron chi connectivity index (χ4n) is 4.28. The van der Waals surface area contributed by atoms with E-state index >= 15 is 0 Å². The molecule has 1 N–H and O–H groups in total. The van der Waals surface area contributed by atoms with E-state index < -0.39 is 34.4 Å². The van der Waals surface area contributed by atoms with E-state index in [0.29, 0.717) is 11.3 Å². The molecule has 9 nitrogen and oxygen atoms in total. The van der Waals surface area contributed by atoms with Crippen LogP contribution in [-0.2, 0) is 14.4 Å². The van der Waals surface area contributed by atoms with Crippen molar-refractivity contribution >= 4 is 34.8 Å². The zero-order chi connectivity index (χ0) is 26.1. The molecule has 3 aromatic carbocycles. The third-order valence-electron chi connectivity index (χ3n) is 5.74. The number of ketones is 1. The van der Waals surface area contributed by atoms with Crippen LogP contribution < -0.4 is 9.64 Å². The number of nitro groups is 1. The van der Waals surface area contributed by atoms with Gasteiger partial charge in [0.05, 0.1) is 16.5 Å². The van der Waals surface area contributed by atoms with E-state index in [0.717, 1.165) is 11.1 Å². The minimum Gasteiger partial charge on any atom is -0.507 e. The second-order valence-corrected chi connectivity index (χ2v) is 8.48. The zero-order valence-corrected chi connectivity index (χ0v) is 19.7. The lowest BCUT2D eigenvalue weighted by atomic mass is 9.95. The highest BCUT2D eigenvalue weighted by Gasteiger charge is 2.47. The maximum atomic E-state index is 13.3. The summed E-state index contributed by atoms with van der Waals surface area (Å²) in [6.45, 7) is 5.01. The number of anilines is 1. The summed E-state index contributed by atoms with van der Waals surface area (Å²) in [7, 11) is 0. The second-order valence-electron chi connectivity index (χ2n) is 8.48. The molecular formula is C27H22N2O7. The predicted octanol–water partition coefficient (Wildman–Crippen LogP) is 4.76. The van der Waals surface area contributed by atoms with Gasteiger partial charge in [0.15, 0.2) is 0 Å². The molecule has 1 aliphatic heterocycles. The van der Waals surface area contributed by atoms with Crippen LogP contribution in [0, 0.1) is 24.0 Å². The number of aliphatic hydroxyl groups is 1. The number of carbonyl (C=O) groups is 3. The van der Waals surface area contributed by atoms with E-state index in [1.54, 1.807) is 24.3 Å². The lowest BCUT2D eigenvalue weighted by Gasteiger charge is -2.26. The Morgan fingerprint density at radius 2 is 1.56 bits per heavy atom. The van der Waals surface area contributed by atoms with Gasteiger partial charge in [0.1, 0.15) is 11.5 Å². The van der Waals surface area contributed by atoms with E-state index in [1.807, 2.05) is 19.9 Å². The number of ether oxygens (including phenoxy) is 1. The van der Waals surface area contributed by atoms with E-state index in [4.69, 9.17) is 4.74 Å². The molecule has 36 heavy (non-hydrogen) atoms. The van der Waals surface area contributed by atoms with Crippen LogP contribution in [0.2, 0.25) is 0 Å². The van der Waals surface area contributed by atoms with Gasteiger partial charge >= 0.3 is 5.97 Å². The highest BCUT2D eigenvalue weighted by Crippen LogP contribution is 2.43. The number of rotatable bonds is 5. The Hall–Kier alpha value is -4.79. The van der Waals surface area contributed by atoms with Crippen LogP contribution in [0.4, 0.5) is 11.4 Å². The fraction of sp³-hybridized carbons (Fsp3) is 0.148. The molecule has 182 valence electrons. The van der Waals surface area contributed by atoms with Crippen molar-refractivity contribution in [2.45, 2.75) is 26.8 Å². The van der Waals surface area contributed by atoms with Crippen LogP contribution in [-0.4, -0.2) is 27.7 Å². The zero-order valence-electron chi connectivity index (χ0n) is 19.7. The van der Waals surface area contributed by atoms with Crippen molar-refractivity contribution in [3.8, 4) is 5.75 Å². The van der Waals surface area contributed by atoms with Crippen LogP contribution in [0.1, 0.15) is 35.2 Å². The molecule has 0 aliphatic carbocycles. The highest BCUT2D eigenvalue weighted by molar-refractivity contribution is 6.51.